The second kappa shape index (κ2) is 9.66. The van der Waals surface area contributed by atoms with Gasteiger partial charge in [-0.15, -0.1) is 0 Å². The summed E-state index contributed by atoms with van der Waals surface area (Å²) in [5, 5.41) is 9.19. The standard InChI is InChI=1S/C22H28N6/c1-3-19(15-23-9-1)17-27-11-5-21(6-12-27)25-26-22-7-13-28(14-8-22)18-20-4-2-10-24-16-20/h1-4,9-10,15-16H,5-8,11-14,17-18H2. The normalized spacial score (nSPS) is 18.9. The van der Waals surface area contributed by atoms with Crippen LogP contribution in [0.2, 0.25) is 0 Å². The Morgan fingerprint density at radius 1 is 0.679 bits per heavy atom. The van der Waals surface area contributed by atoms with Crippen LogP contribution in [0.1, 0.15) is 36.8 Å². The van der Waals surface area contributed by atoms with Crippen LogP contribution in [0.25, 0.3) is 0 Å². The SMILES string of the molecule is c1cncc(CN2CCC(=NN=C3CCN(Cc4cccnc4)CC3)CC2)c1. The zero-order valence-corrected chi connectivity index (χ0v) is 16.4. The van der Waals surface area contributed by atoms with Crippen LogP contribution in [0.3, 0.4) is 0 Å². The molecule has 0 radical (unpaired) electrons. The molecule has 0 saturated carbocycles. The molecule has 0 unspecified atom stereocenters. The smallest absolute Gasteiger partial charge is 0.0431 e. The van der Waals surface area contributed by atoms with E-state index in [1.54, 1.807) is 0 Å². The molecule has 6 heteroatoms. The maximum atomic E-state index is 4.59. The lowest BCUT2D eigenvalue weighted by atomic mass is 10.1. The van der Waals surface area contributed by atoms with Crippen molar-refractivity contribution in [3.05, 3.63) is 60.2 Å². The van der Waals surface area contributed by atoms with Gasteiger partial charge >= 0.3 is 0 Å². The summed E-state index contributed by atoms with van der Waals surface area (Å²) in [5.41, 5.74) is 5.04. The zero-order chi connectivity index (χ0) is 19.0. The predicted octanol–water partition coefficient (Wildman–Crippen LogP) is 3.17. The Morgan fingerprint density at radius 2 is 1.11 bits per heavy atom. The number of rotatable bonds is 5. The Labute approximate surface area is 167 Å². The van der Waals surface area contributed by atoms with Crippen LogP contribution >= 0.6 is 0 Å². The lowest BCUT2D eigenvalue weighted by Crippen LogP contribution is -2.34. The average Bonchev–Trinajstić information content (AvgIpc) is 2.76. The maximum Gasteiger partial charge on any atom is 0.0431 e. The van der Waals surface area contributed by atoms with E-state index >= 15 is 0 Å². The summed E-state index contributed by atoms with van der Waals surface area (Å²) < 4.78 is 0. The molecule has 0 spiro atoms. The third kappa shape index (κ3) is 5.53. The number of aromatic nitrogens is 2. The molecule has 4 heterocycles. The van der Waals surface area contributed by atoms with Crippen molar-refractivity contribution in [3.63, 3.8) is 0 Å². The molecule has 146 valence electrons. The van der Waals surface area contributed by atoms with Gasteiger partial charge in [0.05, 0.1) is 0 Å². The lowest BCUT2D eigenvalue weighted by Gasteiger charge is -2.28. The molecule has 6 nitrogen and oxygen atoms in total. The number of hydrogen-bond donors (Lipinski definition) is 0. The summed E-state index contributed by atoms with van der Waals surface area (Å²) in [6.07, 6.45) is 11.6. The summed E-state index contributed by atoms with van der Waals surface area (Å²) in [7, 11) is 0. The Bertz CT molecular complexity index is 713. The summed E-state index contributed by atoms with van der Waals surface area (Å²) in [5.74, 6) is 0. The molecule has 2 aromatic heterocycles. The Morgan fingerprint density at radius 3 is 1.46 bits per heavy atom. The van der Waals surface area contributed by atoms with Crippen molar-refractivity contribution in [1.29, 1.82) is 0 Å². The summed E-state index contributed by atoms with van der Waals surface area (Å²) in [6, 6.07) is 8.29. The van der Waals surface area contributed by atoms with Crippen LogP contribution in [0.5, 0.6) is 0 Å². The van der Waals surface area contributed by atoms with Crippen molar-refractivity contribution in [3.8, 4) is 0 Å². The van der Waals surface area contributed by atoms with E-state index in [4.69, 9.17) is 0 Å². The first kappa shape index (κ1) is 18.9. The molecule has 2 aliphatic heterocycles. The van der Waals surface area contributed by atoms with Gasteiger partial charge in [0.15, 0.2) is 0 Å². The molecule has 2 fully saturated rings. The van der Waals surface area contributed by atoms with E-state index in [1.165, 1.54) is 22.6 Å². The first-order chi connectivity index (χ1) is 13.8. The Kier molecular flexibility index (Phi) is 6.52. The summed E-state index contributed by atoms with van der Waals surface area (Å²) >= 11 is 0. The fourth-order valence-electron chi connectivity index (χ4n) is 3.78. The average molecular weight is 377 g/mol. The molecular weight excluding hydrogens is 348 g/mol. The topological polar surface area (TPSA) is 57.0 Å². The van der Waals surface area contributed by atoms with Crippen LogP contribution in [-0.2, 0) is 13.1 Å². The fourth-order valence-corrected chi connectivity index (χ4v) is 3.78. The third-order valence-corrected chi connectivity index (χ3v) is 5.46. The van der Waals surface area contributed by atoms with Gasteiger partial charge in [0, 0.05) is 101 Å². The molecule has 0 aromatic carbocycles. The van der Waals surface area contributed by atoms with Gasteiger partial charge in [-0.05, 0) is 23.3 Å². The molecule has 4 rings (SSSR count). The van der Waals surface area contributed by atoms with E-state index in [1.807, 2.05) is 36.9 Å². The molecule has 2 aromatic rings. The Balaban J connectivity index is 1.21. The van der Waals surface area contributed by atoms with Crippen LogP contribution in [0.15, 0.2) is 59.3 Å². The van der Waals surface area contributed by atoms with Crippen molar-refractivity contribution < 1.29 is 0 Å². The summed E-state index contributed by atoms with van der Waals surface area (Å²) in [4.78, 5) is 13.3. The van der Waals surface area contributed by atoms with Gasteiger partial charge in [0.1, 0.15) is 0 Å². The van der Waals surface area contributed by atoms with Crippen LogP contribution in [-0.4, -0.2) is 57.4 Å². The molecular formula is C22H28N6. The zero-order valence-electron chi connectivity index (χ0n) is 16.4. The minimum Gasteiger partial charge on any atom is -0.298 e. The highest BCUT2D eigenvalue weighted by molar-refractivity contribution is 5.89. The minimum absolute atomic E-state index is 0.975. The molecule has 0 aliphatic carbocycles. The van der Waals surface area contributed by atoms with Crippen molar-refractivity contribution in [2.75, 3.05) is 26.2 Å². The maximum absolute atomic E-state index is 4.59. The number of likely N-dealkylation sites (tertiary alicyclic amines) is 2. The van der Waals surface area contributed by atoms with E-state index in [9.17, 15) is 0 Å². The highest BCUT2D eigenvalue weighted by atomic mass is 15.2. The van der Waals surface area contributed by atoms with E-state index in [0.29, 0.717) is 0 Å². The van der Waals surface area contributed by atoms with Crippen molar-refractivity contribution >= 4 is 11.4 Å². The highest BCUT2D eigenvalue weighted by Crippen LogP contribution is 2.14. The van der Waals surface area contributed by atoms with Crippen LogP contribution < -0.4 is 0 Å². The lowest BCUT2D eigenvalue weighted by molar-refractivity contribution is 0.265. The van der Waals surface area contributed by atoms with Gasteiger partial charge in [0.25, 0.3) is 0 Å². The minimum atomic E-state index is 0.975. The third-order valence-electron chi connectivity index (χ3n) is 5.46. The van der Waals surface area contributed by atoms with Gasteiger partial charge in [-0.25, -0.2) is 0 Å². The number of hydrogen-bond acceptors (Lipinski definition) is 6. The molecule has 28 heavy (non-hydrogen) atoms. The van der Waals surface area contributed by atoms with Gasteiger partial charge in [-0.2, -0.15) is 10.2 Å². The van der Waals surface area contributed by atoms with Gasteiger partial charge in [0.2, 0.25) is 0 Å². The second-order valence-corrected chi connectivity index (χ2v) is 7.61. The summed E-state index contributed by atoms with van der Waals surface area (Å²) in [6.45, 7) is 6.16. The molecule has 0 atom stereocenters. The largest absolute Gasteiger partial charge is 0.298 e. The fraction of sp³-hybridized carbons (Fsp3) is 0.455. The molecule has 2 saturated heterocycles. The van der Waals surface area contributed by atoms with Gasteiger partial charge in [-0.1, -0.05) is 12.1 Å². The van der Waals surface area contributed by atoms with E-state index in [0.717, 1.165) is 65.0 Å². The van der Waals surface area contributed by atoms with Gasteiger partial charge in [-0.3, -0.25) is 19.8 Å². The van der Waals surface area contributed by atoms with E-state index < -0.39 is 0 Å². The first-order valence-electron chi connectivity index (χ1n) is 10.2. The molecule has 0 bridgehead atoms. The predicted molar refractivity (Wildman–Crippen MR) is 112 cm³/mol. The molecule has 0 N–H and O–H groups in total. The first-order valence-corrected chi connectivity index (χ1v) is 10.2. The monoisotopic (exact) mass is 376 g/mol. The van der Waals surface area contributed by atoms with Crippen molar-refractivity contribution in [2.24, 2.45) is 10.2 Å². The quantitative estimate of drug-likeness (QED) is 0.752. The molecule has 0 amide bonds. The van der Waals surface area contributed by atoms with Crippen molar-refractivity contribution in [1.82, 2.24) is 19.8 Å². The van der Waals surface area contributed by atoms with Crippen molar-refractivity contribution in [2.45, 2.75) is 38.8 Å². The van der Waals surface area contributed by atoms with Crippen LogP contribution in [0, 0.1) is 0 Å². The van der Waals surface area contributed by atoms with Crippen LogP contribution in [0.4, 0.5) is 0 Å². The number of piperidine rings is 2. The van der Waals surface area contributed by atoms with Gasteiger partial charge < -0.3 is 0 Å². The highest BCUT2D eigenvalue weighted by Gasteiger charge is 2.17. The van der Waals surface area contributed by atoms with E-state index in [2.05, 4.69) is 42.1 Å². The number of nitrogens with zero attached hydrogens (tertiary/aromatic N) is 6. The second-order valence-electron chi connectivity index (χ2n) is 7.61. The number of pyridine rings is 2. The molecule has 2 aliphatic rings. The van der Waals surface area contributed by atoms with E-state index in [-0.39, 0.29) is 0 Å². The Hall–Kier alpha value is -2.44.